The van der Waals surface area contributed by atoms with E-state index in [2.05, 4.69) is 5.32 Å². The molecule has 0 amide bonds. The molecule has 1 aliphatic heterocycles. The molecule has 18 heavy (non-hydrogen) atoms. The Bertz CT molecular complexity index is 409. The summed E-state index contributed by atoms with van der Waals surface area (Å²) in [5, 5.41) is 3.78. The summed E-state index contributed by atoms with van der Waals surface area (Å²) in [5.74, 6) is -2.21. The second kappa shape index (κ2) is 5.54. The van der Waals surface area contributed by atoms with E-state index in [1.807, 2.05) is 0 Å². The summed E-state index contributed by atoms with van der Waals surface area (Å²) in [5.41, 5.74) is 0.970. The molecule has 1 fully saturated rings. The maximum Gasteiger partial charge on any atom is 0.270 e. The van der Waals surface area contributed by atoms with Gasteiger partial charge in [0.1, 0.15) is 0 Å². The van der Waals surface area contributed by atoms with Gasteiger partial charge in [-0.25, -0.2) is 8.78 Å². The van der Waals surface area contributed by atoms with E-state index >= 15 is 0 Å². The lowest BCUT2D eigenvalue weighted by atomic mass is 9.90. The quantitative estimate of drug-likeness (QED) is 0.878. The maximum atomic E-state index is 13.2. The number of rotatable bonds is 3. The van der Waals surface area contributed by atoms with Gasteiger partial charge >= 0.3 is 0 Å². The zero-order valence-electron chi connectivity index (χ0n) is 10.5. The molecule has 0 spiro atoms. The van der Waals surface area contributed by atoms with Crippen LogP contribution in [0.3, 0.4) is 0 Å². The number of halogens is 3. The van der Waals surface area contributed by atoms with Gasteiger partial charge in [-0.05, 0) is 49.9 Å². The Kier molecular flexibility index (Phi) is 4.23. The number of benzene rings is 1. The van der Waals surface area contributed by atoms with Crippen LogP contribution in [0, 0.1) is 5.92 Å². The lowest BCUT2D eigenvalue weighted by Crippen LogP contribution is -2.28. The molecule has 0 atom stereocenters. The first kappa shape index (κ1) is 13.8. The molecule has 0 saturated carbocycles. The minimum absolute atomic E-state index is 0.0124. The Hall–Kier alpha value is -0.670. The molecule has 1 aromatic rings. The molecular formula is C14H18ClF2N. The Morgan fingerprint density at radius 2 is 2.00 bits per heavy atom. The average Bonchev–Trinajstić information content (AvgIpc) is 2.32. The minimum Gasteiger partial charge on any atom is -0.317 e. The standard InChI is InChI=1S/C14H18ClF2N/c1-14(16,17)12-3-2-11(13(15)9-12)8-10-4-6-18-7-5-10/h2-3,9-10,18H,4-8H2,1H3. The van der Waals surface area contributed by atoms with Crippen molar-refractivity contribution in [3.05, 3.63) is 34.3 Å². The number of nitrogens with one attached hydrogen (secondary N) is 1. The smallest absolute Gasteiger partial charge is 0.270 e. The molecule has 100 valence electrons. The predicted molar refractivity (Wildman–Crippen MR) is 70.3 cm³/mol. The Morgan fingerprint density at radius 1 is 1.33 bits per heavy atom. The van der Waals surface area contributed by atoms with Crippen molar-refractivity contribution in [1.29, 1.82) is 0 Å². The van der Waals surface area contributed by atoms with Crippen LogP contribution >= 0.6 is 11.6 Å². The van der Waals surface area contributed by atoms with Crippen molar-refractivity contribution >= 4 is 11.6 Å². The highest BCUT2D eigenvalue weighted by Gasteiger charge is 2.25. The second-order valence-electron chi connectivity index (χ2n) is 5.09. The summed E-state index contributed by atoms with van der Waals surface area (Å²) >= 11 is 6.11. The van der Waals surface area contributed by atoms with Crippen LogP contribution in [0.15, 0.2) is 18.2 Å². The first-order valence-corrected chi connectivity index (χ1v) is 6.72. The summed E-state index contributed by atoms with van der Waals surface area (Å²) in [6.45, 7) is 2.96. The van der Waals surface area contributed by atoms with E-state index in [1.54, 1.807) is 6.07 Å². The van der Waals surface area contributed by atoms with Gasteiger partial charge in [0, 0.05) is 17.5 Å². The van der Waals surface area contributed by atoms with E-state index in [-0.39, 0.29) is 5.56 Å². The Balaban J connectivity index is 2.09. The van der Waals surface area contributed by atoms with Gasteiger partial charge in [-0.15, -0.1) is 0 Å². The fourth-order valence-corrected chi connectivity index (χ4v) is 2.64. The van der Waals surface area contributed by atoms with Crippen LogP contribution in [-0.2, 0) is 12.3 Å². The molecule has 0 bridgehead atoms. The highest BCUT2D eigenvalue weighted by Crippen LogP contribution is 2.31. The monoisotopic (exact) mass is 273 g/mol. The molecule has 0 aliphatic carbocycles. The third kappa shape index (κ3) is 3.42. The van der Waals surface area contributed by atoms with Gasteiger partial charge in [0.05, 0.1) is 0 Å². The van der Waals surface area contributed by atoms with Gasteiger partial charge in [-0.1, -0.05) is 23.7 Å². The molecule has 1 nitrogen and oxygen atoms in total. The van der Waals surface area contributed by atoms with Gasteiger partial charge in [0.15, 0.2) is 0 Å². The van der Waals surface area contributed by atoms with Gasteiger partial charge in [-0.3, -0.25) is 0 Å². The van der Waals surface area contributed by atoms with Gasteiger partial charge in [0.2, 0.25) is 0 Å². The molecule has 0 unspecified atom stereocenters. The molecule has 4 heteroatoms. The van der Waals surface area contributed by atoms with Crippen LogP contribution in [0.25, 0.3) is 0 Å². The summed E-state index contributed by atoms with van der Waals surface area (Å²) in [6, 6.07) is 4.64. The van der Waals surface area contributed by atoms with Crippen molar-refractivity contribution in [2.24, 2.45) is 5.92 Å². The van der Waals surface area contributed by atoms with E-state index in [0.29, 0.717) is 10.9 Å². The van der Waals surface area contributed by atoms with E-state index in [9.17, 15) is 8.78 Å². The van der Waals surface area contributed by atoms with Crippen molar-refractivity contribution in [2.45, 2.75) is 32.1 Å². The largest absolute Gasteiger partial charge is 0.317 e. The SMILES string of the molecule is CC(F)(F)c1ccc(CC2CCNCC2)c(Cl)c1. The predicted octanol–water partition coefficient (Wildman–Crippen LogP) is 3.99. The third-order valence-electron chi connectivity index (χ3n) is 3.53. The van der Waals surface area contributed by atoms with E-state index < -0.39 is 5.92 Å². The normalized spacial score (nSPS) is 18.0. The lowest BCUT2D eigenvalue weighted by Gasteiger charge is -2.23. The van der Waals surface area contributed by atoms with Crippen LogP contribution in [-0.4, -0.2) is 13.1 Å². The van der Waals surface area contributed by atoms with Gasteiger partial charge < -0.3 is 5.32 Å². The Morgan fingerprint density at radius 3 is 2.56 bits per heavy atom. The number of piperidine rings is 1. The van der Waals surface area contributed by atoms with E-state index in [0.717, 1.165) is 44.8 Å². The molecule has 2 rings (SSSR count). The van der Waals surface area contributed by atoms with Gasteiger partial charge in [0.25, 0.3) is 5.92 Å². The molecule has 1 aromatic carbocycles. The van der Waals surface area contributed by atoms with Crippen molar-refractivity contribution in [1.82, 2.24) is 5.32 Å². The maximum absolute atomic E-state index is 13.2. The zero-order valence-corrected chi connectivity index (χ0v) is 11.2. The molecule has 1 saturated heterocycles. The van der Waals surface area contributed by atoms with Crippen LogP contribution in [0.2, 0.25) is 5.02 Å². The van der Waals surface area contributed by atoms with Gasteiger partial charge in [-0.2, -0.15) is 0 Å². The fraction of sp³-hybridized carbons (Fsp3) is 0.571. The number of alkyl halides is 2. The van der Waals surface area contributed by atoms with Crippen molar-refractivity contribution < 1.29 is 8.78 Å². The molecule has 0 aromatic heterocycles. The number of hydrogen-bond donors (Lipinski definition) is 1. The van der Waals surface area contributed by atoms with Crippen LogP contribution < -0.4 is 5.32 Å². The topological polar surface area (TPSA) is 12.0 Å². The molecule has 0 radical (unpaired) electrons. The van der Waals surface area contributed by atoms with Crippen LogP contribution in [0.1, 0.15) is 30.9 Å². The Labute approximate surface area is 112 Å². The average molecular weight is 274 g/mol. The zero-order chi connectivity index (χ0) is 13.2. The highest BCUT2D eigenvalue weighted by atomic mass is 35.5. The second-order valence-corrected chi connectivity index (χ2v) is 5.50. The number of hydrogen-bond acceptors (Lipinski definition) is 1. The summed E-state index contributed by atoms with van der Waals surface area (Å²) in [7, 11) is 0. The first-order chi connectivity index (χ1) is 8.47. The summed E-state index contributed by atoms with van der Waals surface area (Å²) < 4.78 is 26.3. The van der Waals surface area contributed by atoms with E-state index in [4.69, 9.17) is 11.6 Å². The van der Waals surface area contributed by atoms with Crippen LogP contribution in [0.4, 0.5) is 8.78 Å². The minimum atomic E-state index is -2.82. The molecule has 1 aliphatic rings. The summed E-state index contributed by atoms with van der Waals surface area (Å²) in [4.78, 5) is 0. The molecule has 1 N–H and O–H groups in total. The van der Waals surface area contributed by atoms with Crippen LogP contribution in [0.5, 0.6) is 0 Å². The van der Waals surface area contributed by atoms with E-state index in [1.165, 1.54) is 12.1 Å². The van der Waals surface area contributed by atoms with Crippen molar-refractivity contribution in [2.75, 3.05) is 13.1 Å². The third-order valence-corrected chi connectivity index (χ3v) is 3.88. The molecular weight excluding hydrogens is 256 g/mol. The molecule has 1 heterocycles. The highest BCUT2D eigenvalue weighted by molar-refractivity contribution is 6.31. The first-order valence-electron chi connectivity index (χ1n) is 6.34. The lowest BCUT2D eigenvalue weighted by molar-refractivity contribution is 0.0174. The fourth-order valence-electron chi connectivity index (χ4n) is 2.38. The van der Waals surface area contributed by atoms with Crippen molar-refractivity contribution in [3.63, 3.8) is 0 Å². The summed E-state index contributed by atoms with van der Waals surface area (Å²) in [6.07, 6.45) is 3.14. The van der Waals surface area contributed by atoms with Crippen molar-refractivity contribution in [3.8, 4) is 0 Å².